The third-order valence-electron chi connectivity index (χ3n) is 2.21. The molecule has 1 aromatic heterocycles. The van der Waals surface area contributed by atoms with Crippen molar-refractivity contribution >= 4 is 17.6 Å². The van der Waals surface area contributed by atoms with Gasteiger partial charge in [-0.3, -0.25) is 0 Å². The van der Waals surface area contributed by atoms with Gasteiger partial charge in [-0.05, 0) is 35.4 Å². The van der Waals surface area contributed by atoms with Crippen LogP contribution in [0.25, 0.3) is 11.1 Å². The highest BCUT2D eigenvalue weighted by molar-refractivity contribution is 6.31. The fraction of sp³-hybridized carbons (Fsp3) is 0.0833. The maximum atomic E-state index is 11.3. The number of carbonyl (C=O) groups excluding carboxylic acids is 1. The Hall–Kier alpha value is -1.74. The van der Waals surface area contributed by atoms with Crippen molar-refractivity contribution in [1.82, 2.24) is 0 Å². The molecule has 2 rings (SSSR count). The fourth-order valence-electron chi connectivity index (χ4n) is 1.43. The van der Waals surface area contributed by atoms with E-state index in [2.05, 4.69) is 4.74 Å². The Labute approximate surface area is 97.6 Å². The van der Waals surface area contributed by atoms with E-state index >= 15 is 0 Å². The number of furan rings is 1. The first-order valence-corrected chi connectivity index (χ1v) is 5.02. The van der Waals surface area contributed by atoms with Gasteiger partial charge in [0.05, 0.1) is 18.9 Å². The number of esters is 1. The van der Waals surface area contributed by atoms with Gasteiger partial charge < -0.3 is 9.15 Å². The second kappa shape index (κ2) is 4.41. The monoisotopic (exact) mass is 236 g/mol. The van der Waals surface area contributed by atoms with E-state index in [1.165, 1.54) is 13.4 Å². The van der Waals surface area contributed by atoms with Gasteiger partial charge in [0, 0.05) is 5.56 Å². The van der Waals surface area contributed by atoms with E-state index in [1.807, 2.05) is 6.07 Å². The Bertz CT molecular complexity index is 516. The van der Waals surface area contributed by atoms with E-state index in [4.69, 9.17) is 16.0 Å². The Balaban J connectivity index is 2.44. The second-order valence-electron chi connectivity index (χ2n) is 3.18. The molecule has 4 heteroatoms. The van der Waals surface area contributed by atoms with E-state index in [9.17, 15) is 4.79 Å². The van der Waals surface area contributed by atoms with Gasteiger partial charge in [-0.25, -0.2) is 4.79 Å². The number of rotatable bonds is 2. The van der Waals surface area contributed by atoms with Crippen LogP contribution in [0, 0.1) is 0 Å². The summed E-state index contributed by atoms with van der Waals surface area (Å²) in [6.45, 7) is 0. The predicted octanol–water partition coefficient (Wildman–Crippen LogP) is 3.39. The largest absolute Gasteiger partial charge is 0.465 e. The topological polar surface area (TPSA) is 39.4 Å². The summed E-state index contributed by atoms with van der Waals surface area (Å²) in [6, 6.07) is 8.76. The maximum Gasteiger partial charge on any atom is 0.337 e. The lowest BCUT2D eigenvalue weighted by atomic mass is 10.1. The molecular formula is C12H9ClO3. The summed E-state index contributed by atoms with van der Waals surface area (Å²) in [5.41, 5.74) is 2.06. The number of halogens is 1. The van der Waals surface area contributed by atoms with Crippen molar-refractivity contribution in [3.63, 3.8) is 0 Å². The lowest BCUT2D eigenvalue weighted by molar-refractivity contribution is 0.0601. The molecule has 0 bridgehead atoms. The minimum absolute atomic E-state index is 0.307. The predicted molar refractivity (Wildman–Crippen MR) is 60.5 cm³/mol. The minimum Gasteiger partial charge on any atom is -0.465 e. The third kappa shape index (κ3) is 1.95. The van der Waals surface area contributed by atoms with Gasteiger partial charge in [-0.1, -0.05) is 12.1 Å². The summed E-state index contributed by atoms with van der Waals surface area (Å²) in [7, 11) is 1.35. The number of hydrogen-bond donors (Lipinski definition) is 0. The zero-order chi connectivity index (χ0) is 11.5. The van der Waals surface area contributed by atoms with Gasteiger partial charge >= 0.3 is 5.97 Å². The van der Waals surface area contributed by atoms with Gasteiger partial charge in [0.25, 0.3) is 0 Å². The van der Waals surface area contributed by atoms with Crippen molar-refractivity contribution in [1.29, 1.82) is 0 Å². The fourth-order valence-corrected chi connectivity index (χ4v) is 1.66. The summed E-state index contributed by atoms with van der Waals surface area (Å²) < 4.78 is 9.64. The van der Waals surface area contributed by atoms with Gasteiger partial charge in [-0.15, -0.1) is 0 Å². The Morgan fingerprint density at radius 3 is 2.81 bits per heavy atom. The Kier molecular flexibility index (Phi) is 2.97. The molecule has 16 heavy (non-hydrogen) atoms. The summed E-state index contributed by atoms with van der Waals surface area (Å²) in [6.07, 6.45) is 1.50. The highest BCUT2D eigenvalue weighted by Crippen LogP contribution is 2.29. The molecule has 1 aromatic carbocycles. The van der Waals surface area contributed by atoms with Gasteiger partial charge in [0.15, 0.2) is 0 Å². The molecule has 0 atom stereocenters. The lowest BCUT2D eigenvalue weighted by Crippen LogP contribution is -2.00. The molecule has 2 aromatic rings. The van der Waals surface area contributed by atoms with E-state index in [1.54, 1.807) is 24.3 Å². The van der Waals surface area contributed by atoms with Gasteiger partial charge in [0.1, 0.15) is 0 Å². The zero-order valence-electron chi connectivity index (χ0n) is 8.57. The van der Waals surface area contributed by atoms with E-state index in [0.29, 0.717) is 10.8 Å². The molecule has 0 spiro atoms. The van der Waals surface area contributed by atoms with Crippen LogP contribution in [-0.4, -0.2) is 13.1 Å². The molecule has 0 aliphatic carbocycles. The van der Waals surface area contributed by atoms with Crippen LogP contribution in [-0.2, 0) is 4.74 Å². The van der Waals surface area contributed by atoms with Crippen molar-refractivity contribution in [2.24, 2.45) is 0 Å². The van der Waals surface area contributed by atoms with Crippen molar-refractivity contribution < 1.29 is 13.9 Å². The molecule has 3 nitrogen and oxygen atoms in total. The van der Waals surface area contributed by atoms with Crippen LogP contribution >= 0.6 is 11.6 Å². The first kappa shape index (κ1) is 10.8. The molecule has 0 fully saturated rings. The molecule has 0 aliphatic heterocycles. The van der Waals surface area contributed by atoms with Gasteiger partial charge in [0.2, 0.25) is 5.22 Å². The highest BCUT2D eigenvalue weighted by atomic mass is 35.5. The van der Waals surface area contributed by atoms with Crippen LogP contribution in [0.1, 0.15) is 10.4 Å². The number of hydrogen-bond acceptors (Lipinski definition) is 3. The molecule has 0 amide bonds. The Morgan fingerprint density at radius 1 is 1.38 bits per heavy atom. The van der Waals surface area contributed by atoms with E-state index in [0.717, 1.165) is 11.1 Å². The van der Waals surface area contributed by atoms with E-state index < -0.39 is 0 Å². The lowest BCUT2D eigenvalue weighted by Gasteiger charge is -2.02. The highest BCUT2D eigenvalue weighted by Gasteiger charge is 2.10. The summed E-state index contributed by atoms with van der Waals surface area (Å²) in [4.78, 5) is 11.3. The number of methoxy groups -OCH3 is 1. The minimum atomic E-state index is -0.374. The average Bonchev–Trinajstić information content (AvgIpc) is 2.74. The first-order chi connectivity index (χ1) is 7.72. The van der Waals surface area contributed by atoms with Gasteiger partial charge in [-0.2, -0.15) is 0 Å². The summed E-state index contributed by atoms with van der Waals surface area (Å²) in [5.74, 6) is -0.374. The molecule has 0 aliphatic rings. The molecule has 0 unspecified atom stereocenters. The maximum absolute atomic E-state index is 11.3. The standard InChI is InChI=1S/C12H9ClO3/c1-15-12(14)9-4-2-3-8(7-9)10-5-6-16-11(10)13/h2-7H,1H3. The quantitative estimate of drug-likeness (QED) is 0.751. The molecule has 0 saturated carbocycles. The van der Waals surface area contributed by atoms with Crippen molar-refractivity contribution in [3.8, 4) is 11.1 Å². The Morgan fingerprint density at radius 2 is 2.19 bits per heavy atom. The zero-order valence-corrected chi connectivity index (χ0v) is 9.32. The van der Waals surface area contributed by atoms with Crippen LogP contribution in [0.5, 0.6) is 0 Å². The van der Waals surface area contributed by atoms with Crippen LogP contribution in [0.4, 0.5) is 0 Å². The molecule has 1 heterocycles. The van der Waals surface area contributed by atoms with Crippen LogP contribution in [0.2, 0.25) is 5.22 Å². The molecule has 82 valence electrons. The van der Waals surface area contributed by atoms with Crippen molar-refractivity contribution in [2.75, 3.05) is 7.11 Å². The normalized spacial score (nSPS) is 10.1. The number of benzene rings is 1. The molecule has 0 radical (unpaired) electrons. The van der Waals surface area contributed by atoms with Crippen LogP contribution in [0.15, 0.2) is 41.0 Å². The number of ether oxygens (including phenoxy) is 1. The number of carbonyl (C=O) groups is 1. The molecule has 0 N–H and O–H groups in total. The summed E-state index contributed by atoms with van der Waals surface area (Å²) >= 11 is 5.86. The third-order valence-corrected chi connectivity index (χ3v) is 2.51. The van der Waals surface area contributed by atoms with Crippen LogP contribution in [0.3, 0.4) is 0 Å². The van der Waals surface area contributed by atoms with Crippen LogP contribution < -0.4 is 0 Å². The smallest absolute Gasteiger partial charge is 0.337 e. The first-order valence-electron chi connectivity index (χ1n) is 4.64. The van der Waals surface area contributed by atoms with E-state index in [-0.39, 0.29) is 5.97 Å². The second-order valence-corrected chi connectivity index (χ2v) is 3.52. The summed E-state index contributed by atoms with van der Waals surface area (Å²) in [5, 5.41) is 0.307. The molecular weight excluding hydrogens is 228 g/mol. The molecule has 0 saturated heterocycles. The van der Waals surface area contributed by atoms with Crippen molar-refractivity contribution in [2.45, 2.75) is 0 Å². The SMILES string of the molecule is COC(=O)c1cccc(-c2ccoc2Cl)c1. The van der Waals surface area contributed by atoms with Crippen molar-refractivity contribution in [3.05, 3.63) is 47.4 Å². The average molecular weight is 237 g/mol.